The van der Waals surface area contributed by atoms with Gasteiger partial charge in [-0.2, -0.15) is 0 Å². The molecule has 2 atom stereocenters. The van der Waals surface area contributed by atoms with Crippen LogP contribution in [0.4, 0.5) is 4.79 Å². The number of rotatable bonds is 1. The van der Waals surface area contributed by atoms with Crippen molar-refractivity contribution in [3.8, 4) is 0 Å². The van der Waals surface area contributed by atoms with Crippen LogP contribution < -0.4 is 0 Å². The number of aryl methyl sites for hydroxylation is 1. The molecule has 2 aliphatic rings. The standard InChI is InChI=1S/C20H26ClNO2/c1-13-8-9-17(18(21)10-13)14-11-15-6-5-7-16(12-14)22(15)19(23)24-20(2,3)4/h8-11,15-16H,5-7,12H2,1-4H3. The lowest BCUT2D eigenvalue weighted by Crippen LogP contribution is -2.53. The Morgan fingerprint density at radius 1 is 1.29 bits per heavy atom. The molecule has 0 aromatic heterocycles. The van der Waals surface area contributed by atoms with Crippen LogP contribution in [-0.4, -0.2) is 28.7 Å². The fraction of sp³-hybridized carbons (Fsp3) is 0.550. The molecule has 1 amide bonds. The first kappa shape index (κ1) is 17.3. The summed E-state index contributed by atoms with van der Waals surface area (Å²) in [6.45, 7) is 7.79. The third kappa shape index (κ3) is 3.61. The maximum atomic E-state index is 12.6. The van der Waals surface area contributed by atoms with E-state index in [1.807, 2.05) is 38.7 Å². The molecule has 1 saturated heterocycles. The molecule has 1 aromatic rings. The van der Waals surface area contributed by atoms with Crippen molar-refractivity contribution >= 4 is 23.3 Å². The van der Waals surface area contributed by atoms with E-state index in [1.54, 1.807) is 0 Å². The van der Waals surface area contributed by atoms with Gasteiger partial charge in [0.2, 0.25) is 0 Å². The molecule has 0 N–H and O–H groups in total. The van der Waals surface area contributed by atoms with E-state index in [0.717, 1.165) is 41.8 Å². The zero-order valence-corrected chi connectivity index (χ0v) is 15.7. The van der Waals surface area contributed by atoms with E-state index in [1.165, 1.54) is 5.57 Å². The van der Waals surface area contributed by atoms with Gasteiger partial charge in [0.25, 0.3) is 0 Å². The predicted molar refractivity (Wildman–Crippen MR) is 98.3 cm³/mol. The Balaban J connectivity index is 1.88. The summed E-state index contributed by atoms with van der Waals surface area (Å²) in [5.74, 6) is 0. The molecule has 3 rings (SSSR count). The molecule has 1 aromatic carbocycles. The van der Waals surface area contributed by atoms with Crippen LogP contribution in [0.3, 0.4) is 0 Å². The summed E-state index contributed by atoms with van der Waals surface area (Å²) in [7, 11) is 0. The van der Waals surface area contributed by atoms with E-state index >= 15 is 0 Å². The second kappa shape index (κ2) is 6.44. The highest BCUT2D eigenvalue weighted by atomic mass is 35.5. The van der Waals surface area contributed by atoms with Gasteiger partial charge in [-0.05, 0) is 76.1 Å². The van der Waals surface area contributed by atoms with E-state index in [4.69, 9.17) is 16.3 Å². The van der Waals surface area contributed by atoms with Crippen LogP contribution in [0.25, 0.3) is 5.57 Å². The molecule has 1 fully saturated rings. The van der Waals surface area contributed by atoms with Crippen LogP contribution in [0.2, 0.25) is 5.02 Å². The summed E-state index contributed by atoms with van der Waals surface area (Å²) in [5.41, 5.74) is 3.06. The SMILES string of the molecule is Cc1ccc(C2=CC3CCCC(C2)N3C(=O)OC(C)(C)C)c(Cl)c1. The number of carbonyl (C=O) groups excluding carboxylic acids is 1. The molecule has 2 heterocycles. The minimum Gasteiger partial charge on any atom is -0.444 e. The third-order valence-corrected chi connectivity index (χ3v) is 5.02. The van der Waals surface area contributed by atoms with Crippen LogP contribution in [0.1, 0.15) is 57.6 Å². The van der Waals surface area contributed by atoms with E-state index in [2.05, 4.69) is 18.2 Å². The van der Waals surface area contributed by atoms with Crippen molar-refractivity contribution in [1.82, 2.24) is 4.90 Å². The zero-order chi connectivity index (χ0) is 17.5. The number of ether oxygens (including phenoxy) is 1. The maximum Gasteiger partial charge on any atom is 0.411 e. The molecule has 2 aliphatic heterocycles. The number of fused-ring (bicyclic) bond motifs is 2. The van der Waals surface area contributed by atoms with E-state index in [0.29, 0.717) is 0 Å². The highest BCUT2D eigenvalue weighted by Gasteiger charge is 2.39. The number of carbonyl (C=O) groups is 1. The predicted octanol–water partition coefficient (Wildman–Crippen LogP) is 5.59. The van der Waals surface area contributed by atoms with Crippen molar-refractivity contribution in [2.45, 2.75) is 71.1 Å². The molecular weight excluding hydrogens is 322 g/mol. The number of hydrogen-bond acceptors (Lipinski definition) is 2. The van der Waals surface area contributed by atoms with Crippen molar-refractivity contribution < 1.29 is 9.53 Å². The Morgan fingerprint density at radius 3 is 2.67 bits per heavy atom. The molecule has 24 heavy (non-hydrogen) atoms. The topological polar surface area (TPSA) is 29.5 Å². The summed E-state index contributed by atoms with van der Waals surface area (Å²) >= 11 is 6.46. The summed E-state index contributed by atoms with van der Waals surface area (Å²) in [6, 6.07) is 6.52. The van der Waals surface area contributed by atoms with Gasteiger partial charge in [-0.25, -0.2) is 4.79 Å². The van der Waals surface area contributed by atoms with Crippen LogP contribution in [-0.2, 0) is 4.74 Å². The average molecular weight is 348 g/mol. The number of amides is 1. The summed E-state index contributed by atoms with van der Waals surface area (Å²) in [6.07, 6.45) is 6.04. The molecule has 0 radical (unpaired) electrons. The Morgan fingerprint density at radius 2 is 2.04 bits per heavy atom. The normalized spacial score (nSPS) is 23.7. The molecule has 0 spiro atoms. The number of nitrogens with zero attached hydrogens (tertiary/aromatic N) is 1. The van der Waals surface area contributed by atoms with Crippen molar-refractivity contribution in [3.05, 3.63) is 40.4 Å². The van der Waals surface area contributed by atoms with Gasteiger partial charge in [-0.15, -0.1) is 0 Å². The molecular formula is C20H26ClNO2. The smallest absolute Gasteiger partial charge is 0.411 e. The number of hydrogen-bond donors (Lipinski definition) is 0. The Hall–Kier alpha value is -1.48. The summed E-state index contributed by atoms with van der Waals surface area (Å²) < 4.78 is 5.63. The van der Waals surface area contributed by atoms with Crippen molar-refractivity contribution in [1.29, 1.82) is 0 Å². The lowest BCUT2D eigenvalue weighted by atomic mass is 9.83. The maximum absolute atomic E-state index is 12.6. The fourth-order valence-electron chi connectivity index (χ4n) is 3.71. The average Bonchev–Trinajstić information content (AvgIpc) is 2.44. The van der Waals surface area contributed by atoms with Crippen LogP contribution in [0.5, 0.6) is 0 Å². The monoisotopic (exact) mass is 347 g/mol. The minimum atomic E-state index is -0.463. The fourth-order valence-corrected chi connectivity index (χ4v) is 4.07. The van der Waals surface area contributed by atoms with Gasteiger partial charge in [-0.1, -0.05) is 29.8 Å². The van der Waals surface area contributed by atoms with E-state index < -0.39 is 5.60 Å². The Bertz CT molecular complexity index is 675. The van der Waals surface area contributed by atoms with Crippen LogP contribution >= 0.6 is 11.6 Å². The highest BCUT2D eigenvalue weighted by molar-refractivity contribution is 6.32. The first-order valence-electron chi connectivity index (χ1n) is 8.73. The highest BCUT2D eigenvalue weighted by Crippen LogP contribution is 2.39. The second-order valence-corrected chi connectivity index (χ2v) is 8.33. The Labute approximate surface area is 149 Å². The lowest BCUT2D eigenvalue weighted by molar-refractivity contribution is 0.0000879. The van der Waals surface area contributed by atoms with Crippen molar-refractivity contribution in [2.75, 3.05) is 0 Å². The van der Waals surface area contributed by atoms with E-state index in [-0.39, 0.29) is 18.2 Å². The van der Waals surface area contributed by atoms with Crippen molar-refractivity contribution in [3.63, 3.8) is 0 Å². The number of piperidine rings is 1. The minimum absolute atomic E-state index is 0.111. The molecule has 3 nitrogen and oxygen atoms in total. The Kier molecular flexibility index (Phi) is 4.65. The molecule has 2 unspecified atom stereocenters. The van der Waals surface area contributed by atoms with Gasteiger partial charge in [0, 0.05) is 11.1 Å². The van der Waals surface area contributed by atoms with Gasteiger partial charge in [0.1, 0.15) is 5.60 Å². The van der Waals surface area contributed by atoms with E-state index in [9.17, 15) is 4.79 Å². The van der Waals surface area contributed by atoms with Gasteiger partial charge in [0.15, 0.2) is 0 Å². The quantitative estimate of drug-likeness (QED) is 0.662. The largest absolute Gasteiger partial charge is 0.444 e. The lowest BCUT2D eigenvalue weighted by Gasteiger charge is -2.45. The van der Waals surface area contributed by atoms with Gasteiger partial charge >= 0.3 is 6.09 Å². The molecule has 0 saturated carbocycles. The third-order valence-electron chi connectivity index (χ3n) is 4.71. The van der Waals surface area contributed by atoms with Gasteiger partial charge in [-0.3, -0.25) is 4.90 Å². The second-order valence-electron chi connectivity index (χ2n) is 7.92. The zero-order valence-electron chi connectivity index (χ0n) is 14.9. The molecule has 0 aliphatic carbocycles. The first-order valence-corrected chi connectivity index (χ1v) is 9.11. The number of benzene rings is 1. The summed E-state index contributed by atoms with van der Waals surface area (Å²) in [4.78, 5) is 14.6. The summed E-state index contributed by atoms with van der Waals surface area (Å²) in [5, 5.41) is 0.796. The van der Waals surface area contributed by atoms with Gasteiger partial charge in [0.05, 0.1) is 6.04 Å². The first-order chi connectivity index (χ1) is 11.2. The van der Waals surface area contributed by atoms with Gasteiger partial charge < -0.3 is 4.74 Å². The molecule has 4 heteroatoms. The van der Waals surface area contributed by atoms with Crippen LogP contribution in [0.15, 0.2) is 24.3 Å². The number of halogens is 1. The van der Waals surface area contributed by atoms with Crippen molar-refractivity contribution in [2.24, 2.45) is 0 Å². The molecule has 2 bridgehead atoms. The van der Waals surface area contributed by atoms with Crippen LogP contribution in [0, 0.1) is 6.92 Å². The molecule has 130 valence electrons.